The van der Waals surface area contributed by atoms with E-state index in [2.05, 4.69) is 16.0 Å². The van der Waals surface area contributed by atoms with Crippen LogP contribution in [0.2, 0.25) is 0 Å². The van der Waals surface area contributed by atoms with Crippen molar-refractivity contribution in [1.29, 1.82) is 0 Å². The molecule has 35 heavy (non-hydrogen) atoms. The Labute approximate surface area is 209 Å². The van der Waals surface area contributed by atoms with Crippen LogP contribution in [0.3, 0.4) is 0 Å². The average molecular weight is 513 g/mol. The van der Waals surface area contributed by atoms with E-state index in [1.54, 1.807) is 12.1 Å². The molecule has 0 aromatic heterocycles. The predicted octanol–water partition coefficient (Wildman–Crippen LogP) is -0.407. The summed E-state index contributed by atoms with van der Waals surface area (Å²) in [5.74, 6) is -2.67. The summed E-state index contributed by atoms with van der Waals surface area (Å²) < 4.78 is 0. The van der Waals surface area contributed by atoms with Crippen molar-refractivity contribution in [3.8, 4) is 5.75 Å². The van der Waals surface area contributed by atoms with Crippen molar-refractivity contribution in [3.63, 3.8) is 0 Å². The molecule has 1 rings (SSSR count). The Morgan fingerprint density at radius 1 is 0.943 bits per heavy atom. The SMILES string of the molecule is CSCCC(NC(=O)C(CC(C)C)NC(=O)C(Cc1ccc(O)cc1)NC(=O)C(N)CO)C(=O)O. The van der Waals surface area contributed by atoms with Crippen molar-refractivity contribution in [2.75, 3.05) is 18.6 Å². The average Bonchev–Trinajstić information content (AvgIpc) is 2.80. The van der Waals surface area contributed by atoms with Crippen LogP contribution in [0.15, 0.2) is 24.3 Å². The molecule has 0 aliphatic rings. The molecule has 0 saturated carbocycles. The molecule has 0 radical (unpaired) electrons. The highest BCUT2D eigenvalue weighted by Gasteiger charge is 2.30. The van der Waals surface area contributed by atoms with Crippen LogP contribution in [0.25, 0.3) is 0 Å². The number of phenolic OH excluding ortho intramolecular Hbond substituents is 1. The highest BCUT2D eigenvalue weighted by atomic mass is 32.2. The summed E-state index contributed by atoms with van der Waals surface area (Å²) in [7, 11) is 0. The van der Waals surface area contributed by atoms with Crippen molar-refractivity contribution >= 4 is 35.5 Å². The Kier molecular flexibility index (Phi) is 13.1. The molecule has 8 N–H and O–H groups in total. The van der Waals surface area contributed by atoms with Gasteiger partial charge >= 0.3 is 5.97 Å². The molecule has 3 amide bonds. The fourth-order valence-corrected chi connectivity index (χ4v) is 3.65. The number of hydrogen-bond donors (Lipinski definition) is 7. The Bertz CT molecular complexity index is 851. The first kappa shape index (κ1) is 30.2. The first-order valence-corrected chi connectivity index (χ1v) is 12.6. The summed E-state index contributed by atoms with van der Waals surface area (Å²) in [6, 6.07) is 1.50. The van der Waals surface area contributed by atoms with Crippen LogP contribution in [0, 0.1) is 5.92 Å². The van der Waals surface area contributed by atoms with Gasteiger partial charge in [-0.1, -0.05) is 26.0 Å². The van der Waals surface area contributed by atoms with Gasteiger partial charge in [0.15, 0.2) is 0 Å². The Balaban J connectivity index is 3.08. The lowest BCUT2D eigenvalue weighted by Crippen LogP contribution is -2.58. The number of nitrogens with one attached hydrogen (secondary N) is 3. The maximum absolute atomic E-state index is 13.2. The quantitative estimate of drug-likeness (QED) is 0.164. The lowest BCUT2D eigenvalue weighted by atomic mass is 10.0. The summed E-state index contributed by atoms with van der Waals surface area (Å²) in [4.78, 5) is 49.9. The van der Waals surface area contributed by atoms with E-state index < -0.39 is 54.5 Å². The molecule has 11 nitrogen and oxygen atoms in total. The molecular formula is C23H36N4O7S. The van der Waals surface area contributed by atoms with Gasteiger partial charge < -0.3 is 37.0 Å². The molecular weight excluding hydrogens is 476 g/mol. The normalized spacial score (nSPS) is 14.5. The van der Waals surface area contributed by atoms with E-state index in [4.69, 9.17) is 10.8 Å². The van der Waals surface area contributed by atoms with Crippen molar-refractivity contribution in [2.24, 2.45) is 11.7 Å². The molecule has 12 heteroatoms. The lowest BCUT2D eigenvalue weighted by molar-refractivity contribution is -0.142. The number of nitrogens with two attached hydrogens (primary N) is 1. The van der Waals surface area contributed by atoms with E-state index >= 15 is 0 Å². The van der Waals surface area contributed by atoms with E-state index in [0.29, 0.717) is 11.3 Å². The zero-order valence-corrected chi connectivity index (χ0v) is 21.0. The fraction of sp³-hybridized carbons (Fsp3) is 0.565. The van der Waals surface area contributed by atoms with Crippen LogP contribution in [-0.2, 0) is 25.6 Å². The third-order valence-corrected chi connectivity index (χ3v) is 5.75. The number of rotatable bonds is 15. The fourth-order valence-electron chi connectivity index (χ4n) is 3.18. The second-order valence-electron chi connectivity index (χ2n) is 8.59. The monoisotopic (exact) mass is 512 g/mol. The number of phenols is 1. The molecule has 0 saturated heterocycles. The van der Waals surface area contributed by atoms with Crippen molar-refractivity contribution in [2.45, 2.75) is 57.3 Å². The number of carboxylic acids is 1. The van der Waals surface area contributed by atoms with Gasteiger partial charge in [-0.3, -0.25) is 14.4 Å². The number of benzene rings is 1. The molecule has 4 unspecified atom stereocenters. The minimum atomic E-state index is -1.24. The van der Waals surface area contributed by atoms with Crippen molar-refractivity contribution in [1.82, 2.24) is 16.0 Å². The zero-order valence-electron chi connectivity index (χ0n) is 20.2. The summed E-state index contributed by atoms with van der Waals surface area (Å²) in [6.07, 6.45) is 2.32. The summed E-state index contributed by atoms with van der Waals surface area (Å²) in [6.45, 7) is 3.08. The van der Waals surface area contributed by atoms with E-state index in [-0.39, 0.29) is 30.9 Å². The minimum absolute atomic E-state index is 0.00604. The van der Waals surface area contributed by atoms with Gasteiger partial charge in [0.05, 0.1) is 6.61 Å². The largest absolute Gasteiger partial charge is 0.508 e. The van der Waals surface area contributed by atoms with Crippen molar-refractivity contribution in [3.05, 3.63) is 29.8 Å². The van der Waals surface area contributed by atoms with Crippen LogP contribution in [0.4, 0.5) is 0 Å². The highest BCUT2D eigenvalue weighted by molar-refractivity contribution is 7.98. The third kappa shape index (κ3) is 11.0. The minimum Gasteiger partial charge on any atom is -0.508 e. The van der Waals surface area contributed by atoms with Crippen LogP contribution in [0.5, 0.6) is 5.75 Å². The number of aliphatic carboxylic acids is 1. The second-order valence-corrected chi connectivity index (χ2v) is 9.58. The highest BCUT2D eigenvalue weighted by Crippen LogP contribution is 2.13. The van der Waals surface area contributed by atoms with Gasteiger partial charge in [-0.2, -0.15) is 11.8 Å². The molecule has 0 aliphatic heterocycles. The molecule has 0 heterocycles. The topological polar surface area (TPSA) is 191 Å². The van der Waals surface area contributed by atoms with Crippen LogP contribution < -0.4 is 21.7 Å². The molecule has 4 atom stereocenters. The molecule has 0 spiro atoms. The van der Waals surface area contributed by atoms with Gasteiger partial charge in [-0.05, 0) is 48.5 Å². The Morgan fingerprint density at radius 2 is 1.49 bits per heavy atom. The molecule has 0 aliphatic carbocycles. The van der Waals surface area contributed by atoms with Gasteiger partial charge in [0.25, 0.3) is 0 Å². The second kappa shape index (κ2) is 15.2. The number of hydrogen-bond acceptors (Lipinski definition) is 8. The molecule has 0 bridgehead atoms. The molecule has 1 aromatic rings. The van der Waals surface area contributed by atoms with Crippen LogP contribution in [-0.4, -0.2) is 81.8 Å². The number of aliphatic hydroxyl groups excluding tert-OH is 1. The first-order chi connectivity index (χ1) is 16.5. The van der Waals surface area contributed by atoms with E-state index in [0.717, 1.165) is 0 Å². The number of carbonyl (C=O) groups is 4. The van der Waals surface area contributed by atoms with Gasteiger partial charge in [-0.15, -0.1) is 0 Å². The number of thioether (sulfide) groups is 1. The molecule has 196 valence electrons. The first-order valence-electron chi connectivity index (χ1n) is 11.3. The predicted molar refractivity (Wildman–Crippen MR) is 133 cm³/mol. The number of carbonyl (C=O) groups excluding carboxylic acids is 3. The number of aliphatic hydroxyl groups is 1. The summed E-state index contributed by atoms with van der Waals surface area (Å²) in [5, 5.41) is 35.7. The molecule has 1 aromatic carbocycles. The standard InChI is InChI=1S/C23H36N4O7S/c1-13(2)10-18(21(31)25-17(23(33)34)8-9-35-3)27-22(32)19(26-20(30)16(24)12-28)11-14-4-6-15(29)7-5-14/h4-7,13,16-19,28-29H,8-12,24H2,1-3H3,(H,25,31)(H,26,30)(H,27,32)(H,33,34). The smallest absolute Gasteiger partial charge is 0.326 e. The van der Waals surface area contributed by atoms with Crippen LogP contribution >= 0.6 is 11.8 Å². The van der Waals surface area contributed by atoms with Gasteiger partial charge in [0.1, 0.15) is 29.9 Å². The summed E-state index contributed by atoms with van der Waals surface area (Å²) in [5.41, 5.74) is 6.19. The zero-order chi connectivity index (χ0) is 26.5. The van der Waals surface area contributed by atoms with Crippen molar-refractivity contribution < 1.29 is 34.5 Å². The Morgan fingerprint density at radius 3 is 2.00 bits per heavy atom. The number of aromatic hydroxyl groups is 1. The van der Waals surface area contributed by atoms with E-state index in [1.165, 1.54) is 23.9 Å². The maximum Gasteiger partial charge on any atom is 0.326 e. The van der Waals surface area contributed by atoms with Gasteiger partial charge in [0, 0.05) is 6.42 Å². The number of amides is 3. The van der Waals surface area contributed by atoms with Crippen LogP contribution in [0.1, 0.15) is 32.3 Å². The summed E-state index contributed by atoms with van der Waals surface area (Å²) >= 11 is 1.45. The molecule has 0 fully saturated rings. The Hall–Kier alpha value is -2.83. The lowest BCUT2D eigenvalue weighted by Gasteiger charge is -2.26. The van der Waals surface area contributed by atoms with E-state index in [1.807, 2.05) is 20.1 Å². The van der Waals surface area contributed by atoms with Gasteiger partial charge in [-0.25, -0.2) is 4.79 Å². The van der Waals surface area contributed by atoms with Gasteiger partial charge in [0.2, 0.25) is 17.7 Å². The third-order valence-electron chi connectivity index (χ3n) is 5.11. The maximum atomic E-state index is 13.2. The van der Waals surface area contributed by atoms with E-state index in [9.17, 15) is 29.4 Å². The number of carboxylic acid groups (broad SMARTS) is 1.